The molecule has 4 heteroatoms. The first-order valence-corrected chi connectivity index (χ1v) is 12.3. The van der Waals surface area contributed by atoms with Crippen molar-refractivity contribution in [2.45, 2.75) is 96.2 Å². The van der Waals surface area contributed by atoms with Crippen molar-refractivity contribution in [3.8, 4) is 0 Å². The Morgan fingerprint density at radius 1 is 1.19 bits per heavy atom. The third kappa shape index (κ3) is 7.21. The number of thioether (sulfide) groups is 1. The van der Waals surface area contributed by atoms with Crippen molar-refractivity contribution in [2.75, 3.05) is 11.5 Å². The van der Waals surface area contributed by atoms with Gasteiger partial charge in [-0.25, -0.2) is 0 Å². The second-order valence-electron chi connectivity index (χ2n) is 8.58. The van der Waals surface area contributed by atoms with E-state index >= 15 is 0 Å². The highest BCUT2D eigenvalue weighted by molar-refractivity contribution is 7.99. The molecule has 4 atom stereocenters. The molecule has 0 aromatic carbocycles. The lowest BCUT2D eigenvalue weighted by Crippen LogP contribution is -2.30. The Bertz CT molecular complexity index is 474. The van der Waals surface area contributed by atoms with E-state index in [-0.39, 0.29) is 17.6 Å². The molecule has 0 heterocycles. The number of ketones is 1. The molecule has 0 amide bonds. The normalized spacial score (nSPS) is 28.1. The highest BCUT2D eigenvalue weighted by Crippen LogP contribution is 2.45. The third-order valence-corrected chi connectivity index (χ3v) is 7.36. The van der Waals surface area contributed by atoms with Gasteiger partial charge in [0.15, 0.2) is 0 Å². The summed E-state index contributed by atoms with van der Waals surface area (Å²) in [5.74, 6) is 2.88. The van der Waals surface area contributed by atoms with Crippen molar-refractivity contribution >= 4 is 17.5 Å². The fraction of sp³-hybridized carbons (Fsp3) is 0.870. The Balaban J connectivity index is 1.86. The van der Waals surface area contributed by atoms with Gasteiger partial charge in [-0.2, -0.15) is 11.8 Å². The molecule has 2 aliphatic rings. The predicted molar refractivity (Wildman–Crippen MR) is 115 cm³/mol. The standard InChI is InChI=1S/C23H40O3S/c1-3-5-7-14-23(26,18-12-13-18)15-9-11-20-19(21(24)17-22(20)25)10-6-8-16-27-4-2/h9,11,18-20,22,25-26H,3-8,10,12-17H2,1-2H3/t19-,20-,22-,23?/m1/s1. The number of aliphatic hydroxyl groups is 2. The molecule has 1 unspecified atom stereocenters. The van der Waals surface area contributed by atoms with Crippen LogP contribution < -0.4 is 0 Å². The quantitative estimate of drug-likeness (QED) is 0.315. The molecule has 2 fully saturated rings. The van der Waals surface area contributed by atoms with Crippen LogP contribution in [0.25, 0.3) is 0 Å². The van der Waals surface area contributed by atoms with Gasteiger partial charge in [-0.3, -0.25) is 4.79 Å². The Kier molecular flexibility index (Phi) is 9.89. The molecule has 0 radical (unpaired) electrons. The van der Waals surface area contributed by atoms with Gasteiger partial charge in [0.2, 0.25) is 0 Å². The second-order valence-corrected chi connectivity index (χ2v) is 9.98. The van der Waals surface area contributed by atoms with E-state index in [0.717, 1.165) is 56.5 Å². The first-order chi connectivity index (χ1) is 13.0. The number of carbonyl (C=O) groups excluding carboxylic acids is 1. The molecule has 0 aromatic rings. The maximum Gasteiger partial charge on any atom is 0.139 e. The van der Waals surface area contributed by atoms with Gasteiger partial charge < -0.3 is 10.2 Å². The summed E-state index contributed by atoms with van der Waals surface area (Å²) >= 11 is 1.95. The number of unbranched alkanes of at least 4 members (excludes halogenated alkanes) is 3. The van der Waals surface area contributed by atoms with Crippen LogP contribution in [0.2, 0.25) is 0 Å². The smallest absolute Gasteiger partial charge is 0.139 e. The number of aliphatic hydroxyl groups excluding tert-OH is 1. The van der Waals surface area contributed by atoms with Gasteiger partial charge in [0.1, 0.15) is 5.78 Å². The maximum absolute atomic E-state index is 12.3. The van der Waals surface area contributed by atoms with Crippen molar-refractivity contribution < 1.29 is 15.0 Å². The average Bonchev–Trinajstić information content (AvgIpc) is 3.45. The van der Waals surface area contributed by atoms with Crippen LogP contribution in [0.4, 0.5) is 0 Å². The largest absolute Gasteiger partial charge is 0.392 e. The van der Waals surface area contributed by atoms with Crippen molar-refractivity contribution in [1.29, 1.82) is 0 Å². The lowest BCUT2D eigenvalue weighted by Gasteiger charge is -2.27. The van der Waals surface area contributed by atoms with Gasteiger partial charge >= 0.3 is 0 Å². The first kappa shape index (κ1) is 23.0. The van der Waals surface area contributed by atoms with E-state index in [1.54, 1.807) is 0 Å². The molecule has 0 aliphatic heterocycles. The number of Topliss-reactive ketones (excluding diaryl/α,β-unsaturated/α-hetero) is 1. The van der Waals surface area contributed by atoms with Crippen LogP contribution in [0.3, 0.4) is 0 Å². The zero-order valence-electron chi connectivity index (χ0n) is 17.4. The molecule has 156 valence electrons. The minimum absolute atomic E-state index is 0.0306. The zero-order valence-corrected chi connectivity index (χ0v) is 18.2. The SMILES string of the molecule is CCCCCC(O)(CC=C[C@H]1[C@H](O)CC(=O)[C@@H]1CCCCSCC)C1CC1. The van der Waals surface area contributed by atoms with Crippen LogP contribution in [-0.4, -0.2) is 39.2 Å². The van der Waals surface area contributed by atoms with Crippen LogP contribution in [0.5, 0.6) is 0 Å². The lowest BCUT2D eigenvalue weighted by atomic mass is 9.85. The van der Waals surface area contributed by atoms with E-state index in [1.165, 1.54) is 12.8 Å². The van der Waals surface area contributed by atoms with Crippen LogP contribution in [0.15, 0.2) is 12.2 Å². The van der Waals surface area contributed by atoms with Crippen molar-refractivity contribution in [3.63, 3.8) is 0 Å². The number of hydrogen-bond donors (Lipinski definition) is 2. The van der Waals surface area contributed by atoms with Gasteiger partial charge in [-0.15, -0.1) is 0 Å². The molecular formula is C23H40O3S. The summed E-state index contributed by atoms with van der Waals surface area (Å²) in [5, 5.41) is 21.4. The van der Waals surface area contributed by atoms with E-state index in [1.807, 2.05) is 17.8 Å². The molecule has 3 nitrogen and oxygen atoms in total. The Labute approximate surface area is 170 Å². The van der Waals surface area contributed by atoms with Crippen molar-refractivity contribution in [2.24, 2.45) is 17.8 Å². The average molecular weight is 397 g/mol. The van der Waals surface area contributed by atoms with Gasteiger partial charge in [-0.05, 0) is 55.9 Å². The molecule has 2 aliphatic carbocycles. The summed E-state index contributed by atoms with van der Waals surface area (Å²) in [6.45, 7) is 4.36. The van der Waals surface area contributed by atoms with Crippen LogP contribution in [0, 0.1) is 17.8 Å². The van der Waals surface area contributed by atoms with E-state index < -0.39 is 11.7 Å². The second kappa shape index (κ2) is 11.6. The van der Waals surface area contributed by atoms with Crippen LogP contribution >= 0.6 is 11.8 Å². The fourth-order valence-electron chi connectivity index (χ4n) is 4.51. The summed E-state index contributed by atoms with van der Waals surface area (Å²) in [6, 6.07) is 0. The minimum Gasteiger partial charge on any atom is -0.392 e. The van der Waals surface area contributed by atoms with E-state index in [0.29, 0.717) is 18.8 Å². The molecular weight excluding hydrogens is 356 g/mol. The van der Waals surface area contributed by atoms with Gasteiger partial charge in [-0.1, -0.05) is 51.7 Å². The number of rotatable bonds is 14. The van der Waals surface area contributed by atoms with E-state index in [9.17, 15) is 15.0 Å². The Morgan fingerprint density at radius 2 is 1.96 bits per heavy atom. The molecule has 2 N–H and O–H groups in total. The van der Waals surface area contributed by atoms with Crippen molar-refractivity contribution in [1.82, 2.24) is 0 Å². The molecule has 0 spiro atoms. The van der Waals surface area contributed by atoms with Crippen LogP contribution in [0.1, 0.15) is 84.5 Å². The maximum atomic E-state index is 12.3. The number of hydrogen-bond acceptors (Lipinski definition) is 4. The predicted octanol–water partition coefficient (Wildman–Crippen LogP) is 5.14. The molecule has 2 saturated carbocycles. The van der Waals surface area contributed by atoms with Gasteiger partial charge in [0.25, 0.3) is 0 Å². The molecule has 0 saturated heterocycles. The molecule has 27 heavy (non-hydrogen) atoms. The number of carbonyl (C=O) groups is 1. The highest BCUT2D eigenvalue weighted by atomic mass is 32.2. The van der Waals surface area contributed by atoms with Crippen molar-refractivity contribution in [3.05, 3.63) is 12.2 Å². The summed E-state index contributed by atoms with van der Waals surface area (Å²) < 4.78 is 0. The van der Waals surface area contributed by atoms with E-state index in [4.69, 9.17) is 0 Å². The Morgan fingerprint density at radius 3 is 2.63 bits per heavy atom. The molecule has 2 rings (SSSR count). The molecule has 0 aromatic heterocycles. The zero-order chi connectivity index (χ0) is 19.7. The van der Waals surface area contributed by atoms with E-state index in [2.05, 4.69) is 19.9 Å². The minimum atomic E-state index is -0.577. The summed E-state index contributed by atoms with van der Waals surface area (Å²) in [7, 11) is 0. The molecule has 0 bridgehead atoms. The highest BCUT2D eigenvalue weighted by Gasteiger charge is 2.43. The van der Waals surface area contributed by atoms with Gasteiger partial charge in [0, 0.05) is 18.3 Å². The summed E-state index contributed by atoms with van der Waals surface area (Å²) in [6.07, 6.45) is 14.2. The Hall–Kier alpha value is -0.320. The summed E-state index contributed by atoms with van der Waals surface area (Å²) in [4.78, 5) is 12.3. The van der Waals surface area contributed by atoms with Gasteiger partial charge in [0.05, 0.1) is 11.7 Å². The lowest BCUT2D eigenvalue weighted by molar-refractivity contribution is -0.121. The third-order valence-electron chi connectivity index (χ3n) is 6.37. The fourth-order valence-corrected chi connectivity index (χ4v) is 5.21. The summed E-state index contributed by atoms with van der Waals surface area (Å²) in [5.41, 5.74) is -0.577. The first-order valence-electron chi connectivity index (χ1n) is 11.2. The topological polar surface area (TPSA) is 57.5 Å². The van der Waals surface area contributed by atoms with Crippen LogP contribution in [-0.2, 0) is 4.79 Å². The monoisotopic (exact) mass is 396 g/mol.